The lowest BCUT2D eigenvalue weighted by atomic mass is 10.1. The molecule has 0 radical (unpaired) electrons. The number of fused-ring (bicyclic) bond motifs is 1. The first kappa shape index (κ1) is 14.0. The normalized spacial score (nSPS) is 13.5. The third-order valence-electron chi connectivity index (χ3n) is 2.84. The van der Waals surface area contributed by atoms with Crippen molar-refractivity contribution < 1.29 is 28.5 Å². The number of nitrogens with one attached hydrogen (secondary N) is 1. The fourth-order valence-electron chi connectivity index (χ4n) is 1.84. The van der Waals surface area contributed by atoms with Crippen molar-refractivity contribution in [2.24, 2.45) is 0 Å². The zero-order valence-electron chi connectivity index (χ0n) is 11.2. The van der Waals surface area contributed by atoms with E-state index in [0.717, 1.165) is 5.56 Å². The molecule has 0 aliphatic carbocycles. The lowest BCUT2D eigenvalue weighted by Crippen LogP contribution is -2.42. The van der Waals surface area contributed by atoms with Gasteiger partial charge in [0.2, 0.25) is 6.79 Å². The quantitative estimate of drug-likeness (QED) is 0.824. The van der Waals surface area contributed by atoms with Crippen LogP contribution >= 0.6 is 0 Å². The number of benzene rings is 1. The number of amides is 1. The average Bonchev–Trinajstić information content (AvgIpc) is 2.93. The van der Waals surface area contributed by atoms with Crippen molar-refractivity contribution in [3.05, 3.63) is 23.8 Å². The van der Waals surface area contributed by atoms with Gasteiger partial charge in [-0.05, 0) is 17.7 Å². The van der Waals surface area contributed by atoms with E-state index in [0.29, 0.717) is 11.5 Å². The standard InChI is InChI=1S/C13H15NO6/c1-17-12(15)9(14-13(16)18-2)5-8-3-4-10-11(6-8)20-7-19-10/h3-4,6,9H,5,7H2,1-2H3,(H,14,16)/t9-/m1/s1. The minimum atomic E-state index is -0.826. The highest BCUT2D eigenvalue weighted by Gasteiger charge is 2.23. The molecule has 1 aliphatic rings. The van der Waals surface area contributed by atoms with Gasteiger partial charge in [-0.25, -0.2) is 9.59 Å². The SMILES string of the molecule is COC(=O)N[C@H](Cc1ccc2c(c1)OCO2)C(=O)OC. The molecule has 7 heteroatoms. The monoisotopic (exact) mass is 281 g/mol. The summed E-state index contributed by atoms with van der Waals surface area (Å²) in [6.07, 6.45) is -0.431. The Labute approximate surface area is 115 Å². The van der Waals surface area contributed by atoms with E-state index in [2.05, 4.69) is 14.8 Å². The van der Waals surface area contributed by atoms with Crippen LogP contribution in [0.2, 0.25) is 0 Å². The lowest BCUT2D eigenvalue weighted by Gasteiger charge is -2.15. The Bertz CT molecular complexity index is 516. The van der Waals surface area contributed by atoms with Gasteiger partial charge in [-0.1, -0.05) is 6.07 Å². The topological polar surface area (TPSA) is 83.1 Å². The molecule has 0 saturated heterocycles. The summed E-state index contributed by atoms with van der Waals surface area (Å²) in [7, 11) is 2.48. The number of carbonyl (C=O) groups is 2. The molecule has 108 valence electrons. The molecule has 0 saturated carbocycles. The van der Waals surface area contributed by atoms with Crippen molar-refractivity contribution in [1.29, 1.82) is 0 Å². The Hall–Kier alpha value is -2.44. The van der Waals surface area contributed by atoms with Gasteiger partial charge in [0.05, 0.1) is 14.2 Å². The number of rotatable bonds is 4. The van der Waals surface area contributed by atoms with Gasteiger partial charge in [0.1, 0.15) is 6.04 Å². The number of hydrogen-bond donors (Lipinski definition) is 1. The molecule has 2 rings (SSSR count). The molecule has 1 amide bonds. The summed E-state index contributed by atoms with van der Waals surface area (Å²) in [6, 6.07) is 4.48. The summed E-state index contributed by atoms with van der Waals surface area (Å²) in [5.74, 6) is 0.724. The maximum atomic E-state index is 11.7. The summed E-state index contributed by atoms with van der Waals surface area (Å²) in [5.41, 5.74) is 0.807. The van der Waals surface area contributed by atoms with Crippen molar-refractivity contribution >= 4 is 12.1 Å². The van der Waals surface area contributed by atoms with E-state index >= 15 is 0 Å². The zero-order chi connectivity index (χ0) is 14.5. The van der Waals surface area contributed by atoms with Crippen LogP contribution < -0.4 is 14.8 Å². The van der Waals surface area contributed by atoms with Gasteiger partial charge < -0.3 is 24.3 Å². The number of hydrogen-bond acceptors (Lipinski definition) is 6. The van der Waals surface area contributed by atoms with Crippen molar-refractivity contribution in [3.8, 4) is 11.5 Å². The van der Waals surface area contributed by atoms with Gasteiger partial charge in [-0.15, -0.1) is 0 Å². The molecule has 1 heterocycles. The van der Waals surface area contributed by atoms with Gasteiger partial charge in [-0.2, -0.15) is 0 Å². The Morgan fingerprint density at radius 3 is 2.70 bits per heavy atom. The molecule has 1 aromatic carbocycles. The van der Waals surface area contributed by atoms with E-state index < -0.39 is 18.1 Å². The second-order valence-corrected chi connectivity index (χ2v) is 4.10. The largest absolute Gasteiger partial charge is 0.467 e. The number of ether oxygens (including phenoxy) is 4. The Morgan fingerprint density at radius 2 is 2.00 bits per heavy atom. The number of alkyl carbamates (subject to hydrolysis) is 1. The van der Waals surface area contributed by atoms with Gasteiger partial charge in [0.25, 0.3) is 0 Å². The molecule has 1 atom stereocenters. The highest BCUT2D eigenvalue weighted by molar-refractivity contribution is 5.81. The van der Waals surface area contributed by atoms with E-state index in [-0.39, 0.29) is 13.2 Å². The number of carbonyl (C=O) groups excluding carboxylic acids is 2. The molecule has 1 N–H and O–H groups in total. The third-order valence-corrected chi connectivity index (χ3v) is 2.84. The van der Waals surface area contributed by atoms with Crippen LogP contribution in [0.5, 0.6) is 11.5 Å². The minimum Gasteiger partial charge on any atom is -0.467 e. The summed E-state index contributed by atoms with van der Waals surface area (Å²) < 4.78 is 19.6. The Morgan fingerprint density at radius 1 is 1.25 bits per heavy atom. The van der Waals surface area contributed by atoms with Crippen LogP contribution in [0, 0.1) is 0 Å². The molecule has 20 heavy (non-hydrogen) atoms. The van der Waals surface area contributed by atoms with Crippen LogP contribution in [0.1, 0.15) is 5.56 Å². The van der Waals surface area contributed by atoms with Crippen LogP contribution in [0.15, 0.2) is 18.2 Å². The van der Waals surface area contributed by atoms with Crippen LogP contribution in [0.4, 0.5) is 4.79 Å². The maximum absolute atomic E-state index is 11.7. The van der Waals surface area contributed by atoms with Crippen LogP contribution in [0.25, 0.3) is 0 Å². The number of methoxy groups -OCH3 is 2. The molecule has 1 aliphatic heterocycles. The van der Waals surface area contributed by atoms with Gasteiger partial charge in [-0.3, -0.25) is 0 Å². The molecule has 0 fully saturated rings. The second kappa shape index (κ2) is 6.14. The van der Waals surface area contributed by atoms with Crippen molar-refractivity contribution in [2.75, 3.05) is 21.0 Å². The predicted molar refractivity (Wildman–Crippen MR) is 67.6 cm³/mol. The van der Waals surface area contributed by atoms with Gasteiger partial charge >= 0.3 is 12.1 Å². The first-order valence-corrected chi connectivity index (χ1v) is 5.95. The smallest absolute Gasteiger partial charge is 0.407 e. The predicted octanol–water partition coefficient (Wildman–Crippen LogP) is 0.855. The summed E-state index contributed by atoms with van der Waals surface area (Å²) in [5, 5.41) is 2.43. The van der Waals surface area contributed by atoms with Crippen LogP contribution in [-0.2, 0) is 20.7 Å². The zero-order valence-corrected chi connectivity index (χ0v) is 11.2. The highest BCUT2D eigenvalue weighted by atomic mass is 16.7. The fraction of sp³-hybridized carbons (Fsp3) is 0.385. The van der Waals surface area contributed by atoms with Crippen LogP contribution in [-0.4, -0.2) is 39.1 Å². The average molecular weight is 281 g/mol. The summed E-state index contributed by atoms with van der Waals surface area (Å²) in [6.45, 7) is 0.180. The molecule has 7 nitrogen and oxygen atoms in total. The van der Waals surface area contributed by atoms with E-state index in [1.807, 2.05) is 0 Å². The van der Waals surface area contributed by atoms with Crippen molar-refractivity contribution in [3.63, 3.8) is 0 Å². The highest BCUT2D eigenvalue weighted by Crippen LogP contribution is 2.32. The van der Waals surface area contributed by atoms with E-state index in [1.54, 1.807) is 18.2 Å². The van der Waals surface area contributed by atoms with E-state index in [9.17, 15) is 9.59 Å². The van der Waals surface area contributed by atoms with E-state index in [1.165, 1.54) is 14.2 Å². The minimum absolute atomic E-state index is 0.180. The van der Waals surface area contributed by atoms with Gasteiger partial charge in [0, 0.05) is 6.42 Å². The third kappa shape index (κ3) is 3.11. The molecule has 0 spiro atoms. The van der Waals surface area contributed by atoms with E-state index in [4.69, 9.17) is 9.47 Å². The molecule has 0 unspecified atom stereocenters. The molecule has 0 bridgehead atoms. The van der Waals surface area contributed by atoms with Crippen molar-refractivity contribution in [2.45, 2.75) is 12.5 Å². The Balaban J connectivity index is 2.10. The first-order chi connectivity index (χ1) is 9.63. The maximum Gasteiger partial charge on any atom is 0.407 e. The fourth-order valence-corrected chi connectivity index (χ4v) is 1.84. The summed E-state index contributed by atoms with van der Waals surface area (Å²) in [4.78, 5) is 22.9. The molecule has 1 aromatic rings. The lowest BCUT2D eigenvalue weighted by molar-refractivity contribution is -0.142. The Kier molecular flexibility index (Phi) is 4.29. The molecular weight excluding hydrogens is 266 g/mol. The molecular formula is C13H15NO6. The summed E-state index contributed by atoms with van der Waals surface area (Å²) >= 11 is 0. The first-order valence-electron chi connectivity index (χ1n) is 5.95. The van der Waals surface area contributed by atoms with Crippen molar-refractivity contribution in [1.82, 2.24) is 5.32 Å². The van der Waals surface area contributed by atoms with Gasteiger partial charge in [0.15, 0.2) is 11.5 Å². The number of esters is 1. The van der Waals surface area contributed by atoms with Crippen LogP contribution in [0.3, 0.4) is 0 Å². The molecule has 0 aromatic heterocycles. The second-order valence-electron chi connectivity index (χ2n) is 4.10.